The molecule has 1 rings (SSSR count). The highest BCUT2D eigenvalue weighted by Crippen LogP contribution is 2.09. The first kappa shape index (κ1) is 10.1. The second-order valence-electron chi connectivity index (χ2n) is 2.56. The minimum absolute atomic E-state index is 0.145. The second kappa shape index (κ2) is 4.91. The number of halogens is 1. The predicted octanol–water partition coefficient (Wildman–Crippen LogP) is 1.60. The van der Waals surface area contributed by atoms with Crippen LogP contribution in [0.4, 0.5) is 4.79 Å². The predicted molar refractivity (Wildman–Crippen MR) is 54.4 cm³/mol. The normalized spacial score (nSPS) is 9.69. The SMILES string of the molecule is CCNC(=O)NCc1cc(Br)c[nH]1. The lowest BCUT2D eigenvalue weighted by Crippen LogP contribution is -2.34. The molecule has 0 atom stereocenters. The van der Waals surface area contributed by atoms with Crippen LogP contribution in [0.1, 0.15) is 12.6 Å². The Bertz CT molecular complexity index is 285. The van der Waals surface area contributed by atoms with Crippen LogP contribution in [0.5, 0.6) is 0 Å². The minimum atomic E-state index is -0.145. The smallest absolute Gasteiger partial charge is 0.315 e. The summed E-state index contributed by atoms with van der Waals surface area (Å²) in [6.45, 7) is 3.03. The van der Waals surface area contributed by atoms with Crippen LogP contribution in [0.15, 0.2) is 16.7 Å². The molecule has 0 aliphatic carbocycles. The summed E-state index contributed by atoms with van der Waals surface area (Å²) in [7, 11) is 0. The summed E-state index contributed by atoms with van der Waals surface area (Å²) in [5.41, 5.74) is 0.970. The fourth-order valence-electron chi connectivity index (χ4n) is 0.912. The van der Waals surface area contributed by atoms with E-state index in [1.807, 2.05) is 19.2 Å². The van der Waals surface area contributed by atoms with E-state index in [0.29, 0.717) is 13.1 Å². The van der Waals surface area contributed by atoms with Gasteiger partial charge in [0.1, 0.15) is 0 Å². The van der Waals surface area contributed by atoms with E-state index in [0.717, 1.165) is 10.2 Å². The molecule has 13 heavy (non-hydrogen) atoms. The quantitative estimate of drug-likeness (QED) is 0.745. The molecule has 0 aromatic carbocycles. The zero-order chi connectivity index (χ0) is 9.68. The zero-order valence-electron chi connectivity index (χ0n) is 7.36. The Labute approximate surface area is 85.2 Å². The molecule has 0 unspecified atom stereocenters. The third-order valence-corrected chi connectivity index (χ3v) is 1.94. The molecule has 3 N–H and O–H groups in total. The van der Waals surface area contributed by atoms with Crippen molar-refractivity contribution in [2.45, 2.75) is 13.5 Å². The van der Waals surface area contributed by atoms with E-state index in [1.54, 1.807) is 0 Å². The summed E-state index contributed by atoms with van der Waals surface area (Å²) < 4.78 is 0.986. The highest BCUT2D eigenvalue weighted by molar-refractivity contribution is 9.10. The lowest BCUT2D eigenvalue weighted by Gasteiger charge is -2.03. The molecule has 0 saturated heterocycles. The summed E-state index contributed by atoms with van der Waals surface area (Å²) >= 11 is 3.31. The van der Waals surface area contributed by atoms with Gasteiger partial charge in [0.05, 0.1) is 6.54 Å². The molecule has 5 heteroatoms. The highest BCUT2D eigenvalue weighted by Gasteiger charge is 1.99. The van der Waals surface area contributed by atoms with Crippen molar-refractivity contribution in [3.05, 3.63) is 22.4 Å². The summed E-state index contributed by atoms with van der Waals surface area (Å²) in [5, 5.41) is 5.36. The van der Waals surface area contributed by atoms with Crippen molar-refractivity contribution in [1.82, 2.24) is 15.6 Å². The van der Waals surface area contributed by atoms with Crippen molar-refractivity contribution in [3.63, 3.8) is 0 Å². The van der Waals surface area contributed by atoms with Crippen LogP contribution in [-0.2, 0) is 6.54 Å². The summed E-state index contributed by atoms with van der Waals surface area (Å²) in [4.78, 5) is 14.0. The van der Waals surface area contributed by atoms with E-state index in [9.17, 15) is 4.79 Å². The van der Waals surface area contributed by atoms with Gasteiger partial charge in [-0.25, -0.2) is 4.79 Å². The largest absolute Gasteiger partial charge is 0.362 e. The number of aromatic nitrogens is 1. The van der Waals surface area contributed by atoms with Crippen LogP contribution in [0.25, 0.3) is 0 Å². The third kappa shape index (κ3) is 3.50. The topological polar surface area (TPSA) is 56.9 Å². The molecule has 1 aromatic rings. The van der Waals surface area contributed by atoms with Crippen molar-refractivity contribution in [2.24, 2.45) is 0 Å². The van der Waals surface area contributed by atoms with E-state index in [2.05, 4.69) is 31.5 Å². The molecule has 72 valence electrons. The molecular weight excluding hydrogens is 234 g/mol. The van der Waals surface area contributed by atoms with Gasteiger partial charge in [-0.2, -0.15) is 0 Å². The number of urea groups is 1. The lowest BCUT2D eigenvalue weighted by atomic mass is 10.4. The van der Waals surface area contributed by atoms with Crippen molar-refractivity contribution >= 4 is 22.0 Å². The number of hydrogen-bond acceptors (Lipinski definition) is 1. The Hall–Kier alpha value is -0.970. The Kier molecular flexibility index (Phi) is 3.82. The summed E-state index contributed by atoms with van der Waals surface area (Å²) in [6, 6.07) is 1.78. The molecule has 0 fully saturated rings. The molecule has 0 bridgehead atoms. The van der Waals surface area contributed by atoms with Crippen molar-refractivity contribution in [3.8, 4) is 0 Å². The van der Waals surface area contributed by atoms with Gasteiger partial charge in [0.25, 0.3) is 0 Å². The second-order valence-corrected chi connectivity index (χ2v) is 3.47. The maximum absolute atomic E-state index is 11.0. The molecule has 2 amide bonds. The van der Waals surface area contributed by atoms with E-state index >= 15 is 0 Å². The van der Waals surface area contributed by atoms with Crippen molar-refractivity contribution < 1.29 is 4.79 Å². The van der Waals surface area contributed by atoms with Crippen molar-refractivity contribution in [1.29, 1.82) is 0 Å². The van der Waals surface area contributed by atoms with Crippen LogP contribution < -0.4 is 10.6 Å². The molecule has 0 spiro atoms. The number of H-pyrrole nitrogens is 1. The number of carbonyl (C=O) groups is 1. The van der Waals surface area contributed by atoms with Gasteiger partial charge < -0.3 is 15.6 Å². The maximum Gasteiger partial charge on any atom is 0.315 e. The van der Waals surface area contributed by atoms with Crippen molar-refractivity contribution in [2.75, 3.05) is 6.54 Å². The van der Waals surface area contributed by atoms with E-state index in [4.69, 9.17) is 0 Å². The average molecular weight is 246 g/mol. The van der Waals surface area contributed by atoms with Crippen LogP contribution >= 0.6 is 15.9 Å². The van der Waals surface area contributed by atoms with Gasteiger partial charge in [-0.15, -0.1) is 0 Å². The fraction of sp³-hybridized carbons (Fsp3) is 0.375. The Morgan fingerprint density at radius 3 is 2.92 bits per heavy atom. The van der Waals surface area contributed by atoms with E-state index in [-0.39, 0.29) is 6.03 Å². The number of carbonyl (C=O) groups excluding carboxylic acids is 1. The van der Waals surface area contributed by atoms with Gasteiger partial charge in [0.15, 0.2) is 0 Å². The third-order valence-electron chi connectivity index (χ3n) is 1.48. The van der Waals surface area contributed by atoms with Crippen LogP contribution in [0, 0.1) is 0 Å². The van der Waals surface area contributed by atoms with Gasteiger partial charge in [-0.3, -0.25) is 0 Å². The minimum Gasteiger partial charge on any atom is -0.362 e. The average Bonchev–Trinajstić information content (AvgIpc) is 2.49. The summed E-state index contributed by atoms with van der Waals surface area (Å²) in [6.07, 6.45) is 1.83. The Morgan fingerprint density at radius 2 is 2.38 bits per heavy atom. The molecule has 0 radical (unpaired) electrons. The molecule has 0 saturated carbocycles. The van der Waals surface area contributed by atoms with E-state index < -0.39 is 0 Å². The number of amides is 2. The van der Waals surface area contributed by atoms with Crippen LogP contribution in [-0.4, -0.2) is 17.6 Å². The van der Waals surface area contributed by atoms with Gasteiger partial charge in [0.2, 0.25) is 0 Å². The molecule has 1 heterocycles. The van der Waals surface area contributed by atoms with Gasteiger partial charge in [-0.05, 0) is 28.9 Å². The number of hydrogen-bond donors (Lipinski definition) is 3. The first-order valence-corrected chi connectivity index (χ1v) is 4.86. The van der Waals surface area contributed by atoms with Gasteiger partial charge in [-0.1, -0.05) is 0 Å². The number of aromatic amines is 1. The first-order valence-electron chi connectivity index (χ1n) is 4.07. The fourth-order valence-corrected chi connectivity index (χ4v) is 1.30. The van der Waals surface area contributed by atoms with Crippen LogP contribution in [0.2, 0.25) is 0 Å². The van der Waals surface area contributed by atoms with Gasteiger partial charge in [0, 0.05) is 22.9 Å². The molecule has 0 aliphatic rings. The van der Waals surface area contributed by atoms with Gasteiger partial charge >= 0.3 is 6.03 Å². The number of rotatable bonds is 3. The number of nitrogens with one attached hydrogen (secondary N) is 3. The maximum atomic E-state index is 11.0. The zero-order valence-corrected chi connectivity index (χ0v) is 8.94. The summed E-state index contributed by atoms with van der Waals surface area (Å²) in [5.74, 6) is 0. The molecular formula is C8H12BrN3O. The first-order chi connectivity index (χ1) is 6.22. The van der Waals surface area contributed by atoms with E-state index in [1.165, 1.54) is 0 Å². The molecule has 4 nitrogen and oxygen atoms in total. The molecule has 1 aromatic heterocycles. The Morgan fingerprint density at radius 1 is 1.62 bits per heavy atom. The lowest BCUT2D eigenvalue weighted by molar-refractivity contribution is 0.241. The Balaban J connectivity index is 2.30. The standard InChI is InChI=1S/C8H12BrN3O/c1-2-10-8(13)12-5-7-3-6(9)4-11-7/h3-4,11H,2,5H2,1H3,(H2,10,12,13). The van der Waals surface area contributed by atoms with Crippen LogP contribution in [0.3, 0.4) is 0 Å². The monoisotopic (exact) mass is 245 g/mol. The highest BCUT2D eigenvalue weighted by atomic mass is 79.9. The molecule has 0 aliphatic heterocycles.